The average Bonchev–Trinajstić information content (AvgIpc) is 3.08. The van der Waals surface area contributed by atoms with E-state index in [1.54, 1.807) is 30.6 Å². The Hall–Kier alpha value is -3.16. The lowest BCUT2D eigenvalue weighted by molar-refractivity contribution is 0.102. The number of nitrogens with one attached hydrogen (secondary N) is 2. The van der Waals surface area contributed by atoms with Crippen LogP contribution in [-0.4, -0.2) is 31.5 Å². The highest BCUT2D eigenvalue weighted by Crippen LogP contribution is 2.34. The Bertz CT molecular complexity index is 905. The summed E-state index contributed by atoms with van der Waals surface area (Å²) < 4.78 is 1.47. The number of nitrogens with two attached hydrogens (primary N) is 1. The van der Waals surface area contributed by atoms with Crippen LogP contribution in [0.25, 0.3) is 5.65 Å². The number of imidazole rings is 1. The molecular weight excluding hydrogens is 306 g/mol. The van der Waals surface area contributed by atoms with E-state index in [0.29, 0.717) is 34.8 Å². The molecule has 8 heteroatoms. The topological polar surface area (TPSA) is 110 Å². The summed E-state index contributed by atoms with van der Waals surface area (Å²) in [6.45, 7) is 2.18. The zero-order valence-corrected chi connectivity index (χ0v) is 13.1. The van der Waals surface area contributed by atoms with Crippen LogP contribution in [0.4, 0.5) is 17.2 Å². The van der Waals surface area contributed by atoms with Gasteiger partial charge < -0.3 is 16.4 Å². The minimum absolute atomic E-state index is 0.308. The van der Waals surface area contributed by atoms with Gasteiger partial charge in [-0.3, -0.25) is 9.78 Å². The molecule has 8 nitrogen and oxygen atoms in total. The second-order valence-corrected chi connectivity index (χ2v) is 6.02. The lowest BCUT2D eigenvalue weighted by Gasteiger charge is -2.09. The number of hydrogen-bond donors (Lipinski definition) is 3. The van der Waals surface area contributed by atoms with E-state index >= 15 is 0 Å². The molecule has 0 aliphatic heterocycles. The molecule has 4 N–H and O–H groups in total. The number of aromatic nitrogens is 4. The summed E-state index contributed by atoms with van der Waals surface area (Å²) in [5.74, 6) is 0.649. The van der Waals surface area contributed by atoms with Crippen LogP contribution >= 0.6 is 0 Å². The highest BCUT2D eigenvalue weighted by atomic mass is 16.2. The molecule has 0 saturated heterocycles. The molecule has 24 heavy (non-hydrogen) atoms. The van der Waals surface area contributed by atoms with E-state index in [9.17, 15) is 4.79 Å². The molecule has 4 rings (SSSR count). The number of carbonyl (C=O) groups excluding carboxylic acids is 1. The van der Waals surface area contributed by atoms with Gasteiger partial charge in [0.1, 0.15) is 5.82 Å². The first-order chi connectivity index (χ1) is 11.6. The molecule has 122 valence electrons. The Morgan fingerprint density at radius 1 is 1.38 bits per heavy atom. The number of hydrogen-bond acceptors (Lipinski definition) is 6. The number of nitrogens with zero attached hydrogens (tertiary/aromatic N) is 4. The SMILES string of the molecule is CC1CC1Nc1cc(N)nn2c(C(=O)Nc3ccncc3)cnc12. The number of carbonyl (C=O) groups is 1. The van der Waals surface area contributed by atoms with Gasteiger partial charge in [-0.05, 0) is 24.5 Å². The third-order valence-corrected chi connectivity index (χ3v) is 4.11. The molecule has 0 aromatic carbocycles. The summed E-state index contributed by atoms with van der Waals surface area (Å²) in [7, 11) is 0. The van der Waals surface area contributed by atoms with Gasteiger partial charge in [-0.25, -0.2) is 9.50 Å². The van der Waals surface area contributed by atoms with E-state index in [-0.39, 0.29) is 5.91 Å². The average molecular weight is 323 g/mol. The zero-order chi connectivity index (χ0) is 16.7. The maximum atomic E-state index is 12.5. The maximum Gasteiger partial charge on any atom is 0.276 e. The number of amides is 1. The summed E-state index contributed by atoms with van der Waals surface area (Å²) in [5.41, 5.74) is 8.25. The molecule has 3 heterocycles. The van der Waals surface area contributed by atoms with Crippen LogP contribution in [0.2, 0.25) is 0 Å². The predicted octanol–water partition coefficient (Wildman–Crippen LogP) is 1.78. The standard InChI is InChI=1S/C16H17N7O/c1-9-6-11(9)21-12-7-14(17)22-23-13(8-19-15(12)23)16(24)20-10-2-4-18-5-3-10/h2-5,7-9,11,21H,6H2,1H3,(H2,17,22)(H,18,20,24). The van der Waals surface area contributed by atoms with Gasteiger partial charge in [0.2, 0.25) is 0 Å². The summed E-state index contributed by atoms with van der Waals surface area (Å²) in [6.07, 6.45) is 5.84. The van der Waals surface area contributed by atoms with Crippen molar-refractivity contribution in [3.05, 3.63) is 42.5 Å². The number of pyridine rings is 1. The number of fused-ring (bicyclic) bond motifs is 1. The molecule has 2 atom stereocenters. The summed E-state index contributed by atoms with van der Waals surface area (Å²) in [5, 5.41) is 10.4. The van der Waals surface area contributed by atoms with Gasteiger partial charge >= 0.3 is 0 Å². The molecule has 3 aromatic heterocycles. The van der Waals surface area contributed by atoms with Gasteiger partial charge in [-0.2, -0.15) is 0 Å². The molecule has 2 unspecified atom stereocenters. The van der Waals surface area contributed by atoms with Crippen molar-refractivity contribution in [2.75, 3.05) is 16.4 Å². The lowest BCUT2D eigenvalue weighted by atomic mass is 10.3. The fraction of sp³-hybridized carbons (Fsp3) is 0.250. The van der Waals surface area contributed by atoms with Gasteiger partial charge in [-0.15, -0.1) is 5.10 Å². The third-order valence-electron chi connectivity index (χ3n) is 4.11. The highest BCUT2D eigenvalue weighted by Gasteiger charge is 2.33. The molecular formula is C16H17N7O. The van der Waals surface area contributed by atoms with E-state index in [2.05, 4.69) is 32.6 Å². The Morgan fingerprint density at radius 2 is 2.12 bits per heavy atom. The van der Waals surface area contributed by atoms with E-state index in [4.69, 9.17) is 5.73 Å². The Labute approximate surface area is 138 Å². The van der Waals surface area contributed by atoms with E-state index < -0.39 is 0 Å². The Morgan fingerprint density at radius 3 is 2.83 bits per heavy atom. The van der Waals surface area contributed by atoms with Gasteiger partial charge in [0.05, 0.1) is 11.9 Å². The first kappa shape index (κ1) is 14.4. The van der Waals surface area contributed by atoms with Crippen LogP contribution in [0.1, 0.15) is 23.8 Å². The maximum absolute atomic E-state index is 12.5. The lowest BCUT2D eigenvalue weighted by Crippen LogP contribution is -2.16. The van der Waals surface area contributed by atoms with Crippen LogP contribution in [0, 0.1) is 5.92 Å². The van der Waals surface area contributed by atoms with Crippen LogP contribution < -0.4 is 16.4 Å². The molecule has 3 aromatic rings. The van der Waals surface area contributed by atoms with Crippen molar-refractivity contribution in [3.63, 3.8) is 0 Å². The van der Waals surface area contributed by atoms with Crippen LogP contribution in [0.5, 0.6) is 0 Å². The third kappa shape index (κ3) is 2.62. The molecule has 0 spiro atoms. The number of nitrogen functional groups attached to an aromatic ring is 1. The molecule has 0 bridgehead atoms. The number of anilines is 3. The minimum atomic E-state index is -0.308. The van der Waals surface area contributed by atoms with Gasteiger partial charge in [-0.1, -0.05) is 6.92 Å². The van der Waals surface area contributed by atoms with Crippen molar-refractivity contribution in [2.45, 2.75) is 19.4 Å². The molecule has 1 aliphatic carbocycles. The van der Waals surface area contributed by atoms with Crippen molar-refractivity contribution in [1.82, 2.24) is 19.6 Å². The monoisotopic (exact) mass is 323 g/mol. The quantitative estimate of drug-likeness (QED) is 0.675. The van der Waals surface area contributed by atoms with Crippen LogP contribution in [-0.2, 0) is 0 Å². The van der Waals surface area contributed by atoms with Gasteiger partial charge in [0, 0.05) is 30.2 Å². The first-order valence-corrected chi connectivity index (χ1v) is 7.74. The Kier molecular flexibility index (Phi) is 3.30. The Balaban J connectivity index is 1.67. The molecule has 1 aliphatic rings. The smallest absolute Gasteiger partial charge is 0.276 e. The second-order valence-electron chi connectivity index (χ2n) is 6.02. The van der Waals surface area contributed by atoms with Crippen molar-refractivity contribution in [1.29, 1.82) is 0 Å². The number of rotatable bonds is 4. The van der Waals surface area contributed by atoms with E-state index in [1.807, 2.05) is 0 Å². The molecule has 0 radical (unpaired) electrons. The van der Waals surface area contributed by atoms with Gasteiger partial charge in [0.25, 0.3) is 5.91 Å². The van der Waals surface area contributed by atoms with Crippen LogP contribution in [0.3, 0.4) is 0 Å². The van der Waals surface area contributed by atoms with E-state index in [0.717, 1.165) is 12.1 Å². The normalized spacial score (nSPS) is 19.2. The summed E-state index contributed by atoms with van der Waals surface area (Å²) in [6, 6.07) is 5.59. The van der Waals surface area contributed by atoms with Crippen molar-refractivity contribution in [3.8, 4) is 0 Å². The molecule has 1 saturated carbocycles. The van der Waals surface area contributed by atoms with Gasteiger partial charge in [0.15, 0.2) is 11.3 Å². The second kappa shape index (κ2) is 5.48. The van der Waals surface area contributed by atoms with Crippen molar-refractivity contribution < 1.29 is 4.79 Å². The summed E-state index contributed by atoms with van der Waals surface area (Å²) in [4.78, 5) is 20.8. The largest absolute Gasteiger partial charge is 0.382 e. The first-order valence-electron chi connectivity index (χ1n) is 7.74. The molecule has 1 amide bonds. The minimum Gasteiger partial charge on any atom is -0.382 e. The van der Waals surface area contributed by atoms with E-state index in [1.165, 1.54) is 10.7 Å². The highest BCUT2D eigenvalue weighted by molar-refractivity contribution is 6.03. The fourth-order valence-corrected chi connectivity index (χ4v) is 2.60. The van der Waals surface area contributed by atoms with Crippen molar-refractivity contribution in [2.24, 2.45) is 5.92 Å². The zero-order valence-electron chi connectivity index (χ0n) is 13.1. The summed E-state index contributed by atoms with van der Waals surface area (Å²) >= 11 is 0. The fourth-order valence-electron chi connectivity index (χ4n) is 2.60. The van der Waals surface area contributed by atoms with Crippen molar-refractivity contribution >= 4 is 28.7 Å². The predicted molar refractivity (Wildman–Crippen MR) is 90.8 cm³/mol. The van der Waals surface area contributed by atoms with Crippen LogP contribution in [0.15, 0.2) is 36.8 Å². The molecule has 1 fully saturated rings.